The van der Waals surface area contributed by atoms with Crippen LogP contribution in [-0.4, -0.2) is 12.6 Å². The molecule has 2 nitrogen and oxygen atoms in total. The van der Waals surface area contributed by atoms with Crippen LogP contribution in [0.1, 0.15) is 30.9 Å². The van der Waals surface area contributed by atoms with Gasteiger partial charge >= 0.3 is 0 Å². The number of benzene rings is 1. The van der Waals surface area contributed by atoms with E-state index in [4.69, 9.17) is 10.5 Å². The average Bonchev–Trinajstić information content (AvgIpc) is 2.59. The zero-order valence-electron chi connectivity index (χ0n) is 8.79. The summed E-state index contributed by atoms with van der Waals surface area (Å²) in [5.74, 6) is 1.60. The van der Waals surface area contributed by atoms with Gasteiger partial charge in [-0.3, -0.25) is 0 Å². The van der Waals surface area contributed by atoms with Gasteiger partial charge in [0, 0.05) is 13.0 Å². The van der Waals surface area contributed by atoms with E-state index in [1.807, 2.05) is 0 Å². The van der Waals surface area contributed by atoms with Crippen molar-refractivity contribution in [3.63, 3.8) is 0 Å². The van der Waals surface area contributed by atoms with Crippen molar-refractivity contribution in [1.29, 1.82) is 0 Å². The largest absolute Gasteiger partial charge is 0.488 e. The van der Waals surface area contributed by atoms with Crippen LogP contribution in [0.2, 0.25) is 0 Å². The Morgan fingerprint density at radius 1 is 1.50 bits per heavy atom. The van der Waals surface area contributed by atoms with Gasteiger partial charge in [-0.2, -0.15) is 0 Å². The van der Waals surface area contributed by atoms with Crippen molar-refractivity contribution in [3.05, 3.63) is 29.3 Å². The molecule has 0 radical (unpaired) electrons. The van der Waals surface area contributed by atoms with Gasteiger partial charge in [0.2, 0.25) is 0 Å². The van der Waals surface area contributed by atoms with Crippen LogP contribution in [-0.2, 0) is 6.42 Å². The maximum absolute atomic E-state index is 5.82. The average molecular weight is 191 g/mol. The Bertz CT molecular complexity index is 333. The number of ether oxygens (including phenoxy) is 1. The lowest BCUT2D eigenvalue weighted by Crippen LogP contribution is -2.24. The van der Waals surface area contributed by atoms with Gasteiger partial charge in [-0.1, -0.05) is 32.0 Å². The summed E-state index contributed by atoms with van der Waals surface area (Å²) in [4.78, 5) is 0. The fourth-order valence-electron chi connectivity index (χ4n) is 1.95. The molecule has 2 heteroatoms. The highest BCUT2D eigenvalue weighted by molar-refractivity contribution is 5.46. The van der Waals surface area contributed by atoms with E-state index in [1.54, 1.807) is 0 Å². The SMILES string of the molecule is CC(C)c1cccc2c1OC(CN)C2. The Balaban J connectivity index is 2.36. The van der Waals surface area contributed by atoms with Gasteiger partial charge < -0.3 is 10.5 Å². The van der Waals surface area contributed by atoms with E-state index in [9.17, 15) is 0 Å². The second-order valence-corrected chi connectivity index (χ2v) is 4.17. The van der Waals surface area contributed by atoms with E-state index in [0.29, 0.717) is 12.5 Å². The lowest BCUT2D eigenvalue weighted by atomic mass is 9.99. The number of para-hydroxylation sites is 1. The van der Waals surface area contributed by atoms with Crippen molar-refractivity contribution >= 4 is 0 Å². The van der Waals surface area contributed by atoms with Gasteiger partial charge in [0.1, 0.15) is 11.9 Å². The molecule has 0 spiro atoms. The predicted octanol–water partition coefficient (Wildman–Crippen LogP) is 2.07. The maximum atomic E-state index is 5.82. The first-order valence-corrected chi connectivity index (χ1v) is 5.21. The molecule has 0 aromatic heterocycles. The van der Waals surface area contributed by atoms with E-state index in [1.165, 1.54) is 11.1 Å². The highest BCUT2D eigenvalue weighted by Crippen LogP contribution is 2.35. The molecule has 1 unspecified atom stereocenters. The van der Waals surface area contributed by atoms with Crippen molar-refractivity contribution in [2.24, 2.45) is 5.73 Å². The molecule has 1 atom stereocenters. The van der Waals surface area contributed by atoms with Crippen molar-refractivity contribution in [2.45, 2.75) is 32.3 Å². The Kier molecular flexibility index (Phi) is 2.46. The minimum absolute atomic E-state index is 0.185. The standard InChI is InChI=1S/C12H17NO/c1-8(2)11-5-3-4-9-6-10(7-13)14-12(9)11/h3-5,8,10H,6-7,13H2,1-2H3. The van der Waals surface area contributed by atoms with Crippen LogP contribution in [0.4, 0.5) is 0 Å². The van der Waals surface area contributed by atoms with Crippen molar-refractivity contribution in [2.75, 3.05) is 6.54 Å². The third-order valence-corrected chi connectivity index (χ3v) is 2.74. The summed E-state index contributed by atoms with van der Waals surface area (Å²) in [5, 5.41) is 0. The van der Waals surface area contributed by atoms with E-state index < -0.39 is 0 Å². The van der Waals surface area contributed by atoms with Crippen molar-refractivity contribution in [1.82, 2.24) is 0 Å². The highest BCUT2D eigenvalue weighted by Gasteiger charge is 2.24. The van der Waals surface area contributed by atoms with Crippen LogP contribution >= 0.6 is 0 Å². The van der Waals surface area contributed by atoms with Gasteiger partial charge in [0.15, 0.2) is 0 Å². The molecule has 0 fully saturated rings. The lowest BCUT2D eigenvalue weighted by molar-refractivity contribution is 0.239. The molecule has 1 heterocycles. The Morgan fingerprint density at radius 3 is 2.93 bits per heavy atom. The number of hydrogen-bond acceptors (Lipinski definition) is 2. The van der Waals surface area contributed by atoms with E-state index in [2.05, 4.69) is 32.0 Å². The topological polar surface area (TPSA) is 35.2 Å². The summed E-state index contributed by atoms with van der Waals surface area (Å²) in [5.41, 5.74) is 8.23. The summed E-state index contributed by atoms with van der Waals surface area (Å²) >= 11 is 0. The monoisotopic (exact) mass is 191 g/mol. The molecule has 2 rings (SSSR count). The molecule has 1 aromatic rings. The van der Waals surface area contributed by atoms with Crippen molar-refractivity contribution < 1.29 is 4.74 Å². The van der Waals surface area contributed by atoms with Gasteiger partial charge in [-0.25, -0.2) is 0 Å². The molecule has 0 saturated carbocycles. The summed E-state index contributed by atoms with van der Waals surface area (Å²) in [6.07, 6.45) is 1.15. The van der Waals surface area contributed by atoms with E-state index in [-0.39, 0.29) is 6.10 Å². The van der Waals surface area contributed by atoms with Crippen LogP contribution in [0.25, 0.3) is 0 Å². The Hall–Kier alpha value is -1.02. The molecular weight excluding hydrogens is 174 g/mol. The predicted molar refractivity (Wildman–Crippen MR) is 57.7 cm³/mol. The smallest absolute Gasteiger partial charge is 0.126 e. The lowest BCUT2D eigenvalue weighted by Gasteiger charge is -2.12. The Morgan fingerprint density at radius 2 is 2.29 bits per heavy atom. The molecule has 76 valence electrons. The first-order chi connectivity index (χ1) is 6.72. The fourth-order valence-corrected chi connectivity index (χ4v) is 1.95. The number of fused-ring (bicyclic) bond motifs is 1. The minimum atomic E-state index is 0.185. The quantitative estimate of drug-likeness (QED) is 0.776. The third-order valence-electron chi connectivity index (χ3n) is 2.74. The first kappa shape index (κ1) is 9.53. The zero-order chi connectivity index (χ0) is 10.1. The first-order valence-electron chi connectivity index (χ1n) is 5.21. The highest BCUT2D eigenvalue weighted by atomic mass is 16.5. The second-order valence-electron chi connectivity index (χ2n) is 4.17. The number of hydrogen-bond donors (Lipinski definition) is 1. The molecule has 0 amide bonds. The van der Waals surface area contributed by atoms with Crippen LogP contribution in [0.5, 0.6) is 5.75 Å². The van der Waals surface area contributed by atoms with Crippen LogP contribution < -0.4 is 10.5 Å². The van der Waals surface area contributed by atoms with Crippen LogP contribution in [0, 0.1) is 0 Å². The van der Waals surface area contributed by atoms with Gasteiger partial charge in [-0.15, -0.1) is 0 Å². The molecule has 0 aliphatic carbocycles. The van der Waals surface area contributed by atoms with Gasteiger partial charge in [0.05, 0.1) is 0 Å². The van der Waals surface area contributed by atoms with Crippen molar-refractivity contribution in [3.8, 4) is 5.75 Å². The molecule has 1 aliphatic rings. The van der Waals surface area contributed by atoms with E-state index in [0.717, 1.165) is 12.2 Å². The molecular formula is C12H17NO. The molecule has 0 bridgehead atoms. The summed E-state index contributed by atoms with van der Waals surface area (Å²) < 4.78 is 5.82. The third kappa shape index (κ3) is 1.50. The molecule has 0 saturated heterocycles. The van der Waals surface area contributed by atoms with E-state index >= 15 is 0 Å². The number of nitrogens with two attached hydrogens (primary N) is 1. The summed E-state index contributed by atoms with van der Waals surface area (Å²) in [7, 11) is 0. The van der Waals surface area contributed by atoms with Gasteiger partial charge in [-0.05, 0) is 17.0 Å². The van der Waals surface area contributed by atoms with Crippen LogP contribution in [0.15, 0.2) is 18.2 Å². The summed E-state index contributed by atoms with van der Waals surface area (Å²) in [6.45, 7) is 4.98. The second kappa shape index (κ2) is 3.62. The number of rotatable bonds is 2. The molecule has 1 aromatic carbocycles. The molecule has 1 aliphatic heterocycles. The minimum Gasteiger partial charge on any atom is -0.488 e. The Labute approximate surface area is 85.1 Å². The molecule has 2 N–H and O–H groups in total. The molecule has 14 heavy (non-hydrogen) atoms. The fraction of sp³-hybridized carbons (Fsp3) is 0.500. The summed E-state index contributed by atoms with van der Waals surface area (Å²) in [6, 6.07) is 6.38. The zero-order valence-corrected chi connectivity index (χ0v) is 8.79. The normalized spacial score (nSPS) is 19.6. The van der Waals surface area contributed by atoms with Gasteiger partial charge in [0.25, 0.3) is 0 Å². The maximum Gasteiger partial charge on any atom is 0.126 e. The van der Waals surface area contributed by atoms with Crippen LogP contribution in [0.3, 0.4) is 0 Å².